The third-order valence-corrected chi connectivity index (χ3v) is 1.78. The molecule has 0 aromatic heterocycles. The number of hydrogen-bond donors (Lipinski definition) is 0. The van der Waals surface area contributed by atoms with Crippen molar-refractivity contribution < 1.29 is 4.79 Å². The highest BCUT2D eigenvalue weighted by Gasteiger charge is 2.10. The molecule has 0 saturated carbocycles. The maximum absolute atomic E-state index is 10.8. The van der Waals surface area contributed by atoms with Gasteiger partial charge >= 0.3 is 0 Å². The summed E-state index contributed by atoms with van der Waals surface area (Å²) in [5, 5.41) is 0. The summed E-state index contributed by atoms with van der Waals surface area (Å²) in [6.45, 7) is 5.41. The molecule has 0 aliphatic carbocycles. The van der Waals surface area contributed by atoms with Gasteiger partial charge in [0.05, 0.1) is 0 Å². The molecule has 2 nitrogen and oxygen atoms in total. The Bertz CT molecular complexity index is 172. The van der Waals surface area contributed by atoms with E-state index in [-0.39, 0.29) is 5.91 Å². The molecular formula is C8H13NO. The van der Waals surface area contributed by atoms with Gasteiger partial charge < -0.3 is 4.90 Å². The summed E-state index contributed by atoms with van der Waals surface area (Å²) < 4.78 is 0. The van der Waals surface area contributed by atoms with E-state index in [9.17, 15) is 4.79 Å². The molecule has 1 rings (SSSR count). The monoisotopic (exact) mass is 139 g/mol. The molecule has 1 heterocycles. The minimum absolute atomic E-state index is 0.187. The molecule has 0 fully saturated rings. The van der Waals surface area contributed by atoms with Gasteiger partial charge in [-0.25, -0.2) is 0 Å². The second-order valence-corrected chi connectivity index (χ2v) is 2.78. The summed E-state index contributed by atoms with van der Waals surface area (Å²) in [6.07, 6.45) is 3.21. The first-order chi connectivity index (χ1) is 4.70. The Kier molecular flexibility index (Phi) is 2.10. The van der Waals surface area contributed by atoms with Gasteiger partial charge in [-0.3, -0.25) is 4.79 Å². The smallest absolute Gasteiger partial charge is 0.219 e. The summed E-state index contributed by atoms with van der Waals surface area (Å²) in [5.41, 5.74) is 1.31. The summed E-state index contributed by atoms with van der Waals surface area (Å²) in [7, 11) is 0. The molecule has 0 aromatic carbocycles. The van der Waals surface area contributed by atoms with Gasteiger partial charge in [-0.1, -0.05) is 11.6 Å². The normalized spacial score (nSPS) is 18.6. The zero-order chi connectivity index (χ0) is 7.56. The van der Waals surface area contributed by atoms with Gasteiger partial charge in [0.2, 0.25) is 5.91 Å². The van der Waals surface area contributed by atoms with Crippen LogP contribution in [0.3, 0.4) is 0 Å². The van der Waals surface area contributed by atoms with Crippen LogP contribution >= 0.6 is 0 Å². The van der Waals surface area contributed by atoms with Crippen LogP contribution < -0.4 is 0 Å². The molecule has 10 heavy (non-hydrogen) atoms. The van der Waals surface area contributed by atoms with Crippen molar-refractivity contribution in [3.63, 3.8) is 0 Å². The fourth-order valence-corrected chi connectivity index (χ4v) is 1.18. The van der Waals surface area contributed by atoms with E-state index in [1.165, 1.54) is 5.57 Å². The standard InChI is InChI=1S/C8H13NO/c1-7-4-3-5-9(6-7)8(2)10/h4H,3,5-6H2,1-2H3. The van der Waals surface area contributed by atoms with Gasteiger partial charge in [0.1, 0.15) is 0 Å². The molecule has 1 aliphatic heterocycles. The predicted octanol–water partition coefficient (Wildman–Crippen LogP) is 1.18. The van der Waals surface area contributed by atoms with E-state index >= 15 is 0 Å². The van der Waals surface area contributed by atoms with E-state index in [0.29, 0.717) is 0 Å². The fourth-order valence-electron chi connectivity index (χ4n) is 1.18. The molecule has 56 valence electrons. The third-order valence-electron chi connectivity index (χ3n) is 1.78. The number of nitrogens with zero attached hydrogens (tertiary/aromatic N) is 1. The summed E-state index contributed by atoms with van der Waals surface area (Å²) >= 11 is 0. The van der Waals surface area contributed by atoms with Crippen LogP contribution in [-0.2, 0) is 4.79 Å². The molecule has 0 bridgehead atoms. The molecule has 0 radical (unpaired) electrons. The molecule has 2 heteroatoms. The first-order valence-electron chi connectivity index (χ1n) is 3.61. The molecule has 0 spiro atoms. The van der Waals surface area contributed by atoms with Gasteiger partial charge in [-0.15, -0.1) is 0 Å². The SMILES string of the molecule is CC(=O)N1CCC=C(C)C1. The average Bonchev–Trinajstić information content (AvgIpc) is 1.88. The quantitative estimate of drug-likeness (QED) is 0.461. The van der Waals surface area contributed by atoms with Crippen LogP contribution in [-0.4, -0.2) is 23.9 Å². The molecule has 1 amide bonds. The third kappa shape index (κ3) is 1.59. The van der Waals surface area contributed by atoms with E-state index in [1.54, 1.807) is 6.92 Å². The Labute approximate surface area is 61.5 Å². The molecule has 0 aromatic rings. The second-order valence-electron chi connectivity index (χ2n) is 2.78. The Morgan fingerprint density at radius 2 is 2.40 bits per heavy atom. The number of amides is 1. The maximum atomic E-state index is 10.8. The number of carbonyl (C=O) groups is 1. The van der Waals surface area contributed by atoms with Crippen molar-refractivity contribution in [3.8, 4) is 0 Å². The van der Waals surface area contributed by atoms with Crippen molar-refractivity contribution in [2.45, 2.75) is 20.3 Å². The molecule has 0 saturated heterocycles. The Morgan fingerprint density at radius 1 is 1.70 bits per heavy atom. The van der Waals surface area contributed by atoms with Crippen molar-refractivity contribution in [1.82, 2.24) is 4.90 Å². The van der Waals surface area contributed by atoms with E-state index < -0.39 is 0 Å². The molecule has 0 N–H and O–H groups in total. The van der Waals surface area contributed by atoms with Crippen molar-refractivity contribution in [1.29, 1.82) is 0 Å². The zero-order valence-electron chi connectivity index (χ0n) is 6.55. The zero-order valence-corrected chi connectivity index (χ0v) is 6.55. The lowest BCUT2D eigenvalue weighted by atomic mass is 10.1. The van der Waals surface area contributed by atoms with Crippen LogP contribution in [0, 0.1) is 0 Å². The highest BCUT2D eigenvalue weighted by Crippen LogP contribution is 2.07. The summed E-state index contributed by atoms with van der Waals surface area (Å²) in [6, 6.07) is 0. The minimum Gasteiger partial charge on any atom is -0.339 e. The van der Waals surface area contributed by atoms with Gasteiger partial charge in [-0.2, -0.15) is 0 Å². The average molecular weight is 139 g/mol. The first kappa shape index (κ1) is 7.32. The molecule has 1 aliphatic rings. The largest absolute Gasteiger partial charge is 0.339 e. The van der Waals surface area contributed by atoms with Crippen LogP contribution in [0.4, 0.5) is 0 Å². The summed E-state index contributed by atoms with van der Waals surface area (Å²) in [4.78, 5) is 12.7. The van der Waals surface area contributed by atoms with Crippen molar-refractivity contribution in [2.75, 3.05) is 13.1 Å². The predicted molar refractivity (Wildman–Crippen MR) is 40.6 cm³/mol. The first-order valence-corrected chi connectivity index (χ1v) is 3.61. The number of rotatable bonds is 0. The Hall–Kier alpha value is -0.790. The highest BCUT2D eigenvalue weighted by atomic mass is 16.2. The van der Waals surface area contributed by atoms with Crippen molar-refractivity contribution in [2.24, 2.45) is 0 Å². The lowest BCUT2D eigenvalue weighted by Gasteiger charge is -2.24. The second kappa shape index (κ2) is 2.86. The van der Waals surface area contributed by atoms with E-state index in [0.717, 1.165) is 19.5 Å². The Balaban J connectivity index is 2.53. The molecule has 0 unspecified atom stereocenters. The van der Waals surface area contributed by atoms with Crippen LogP contribution in [0.2, 0.25) is 0 Å². The van der Waals surface area contributed by atoms with E-state index in [4.69, 9.17) is 0 Å². The van der Waals surface area contributed by atoms with Crippen LogP contribution in [0.15, 0.2) is 11.6 Å². The fraction of sp³-hybridized carbons (Fsp3) is 0.625. The van der Waals surface area contributed by atoms with Gasteiger partial charge in [0.15, 0.2) is 0 Å². The van der Waals surface area contributed by atoms with Gasteiger partial charge in [-0.05, 0) is 13.3 Å². The van der Waals surface area contributed by atoms with Crippen LogP contribution in [0.5, 0.6) is 0 Å². The van der Waals surface area contributed by atoms with Crippen molar-refractivity contribution in [3.05, 3.63) is 11.6 Å². The lowest BCUT2D eigenvalue weighted by molar-refractivity contribution is -0.128. The maximum Gasteiger partial charge on any atom is 0.219 e. The van der Waals surface area contributed by atoms with E-state index in [1.807, 2.05) is 4.90 Å². The lowest BCUT2D eigenvalue weighted by Crippen LogP contribution is -2.33. The highest BCUT2D eigenvalue weighted by molar-refractivity contribution is 5.73. The molecule has 0 atom stereocenters. The van der Waals surface area contributed by atoms with Crippen LogP contribution in [0.25, 0.3) is 0 Å². The minimum atomic E-state index is 0.187. The van der Waals surface area contributed by atoms with Gasteiger partial charge in [0, 0.05) is 20.0 Å². The summed E-state index contributed by atoms with van der Waals surface area (Å²) in [5.74, 6) is 0.187. The number of hydrogen-bond acceptors (Lipinski definition) is 1. The van der Waals surface area contributed by atoms with Crippen LogP contribution in [0.1, 0.15) is 20.3 Å². The van der Waals surface area contributed by atoms with E-state index in [2.05, 4.69) is 13.0 Å². The topological polar surface area (TPSA) is 20.3 Å². The van der Waals surface area contributed by atoms with Crippen molar-refractivity contribution >= 4 is 5.91 Å². The Morgan fingerprint density at radius 3 is 2.80 bits per heavy atom. The molecular weight excluding hydrogens is 126 g/mol. The van der Waals surface area contributed by atoms with Gasteiger partial charge in [0.25, 0.3) is 0 Å². The number of carbonyl (C=O) groups excluding carboxylic acids is 1.